The van der Waals surface area contributed by atoms with Crippen LogP contribution in [0.1, 0.15) is 23.8 Å². The van der Waals surface area contributed by atoms with Crippen molar-refractivity contribution >= 4 is 23.5 Å². The normalized spacial score (nSPS) is 16.0. The zero-order valence-corrected chi connectivity index (χ0v) is 16.2. The Morgan fingerprint density at radius 2 is 2.07 bits per heavy atom. The highest BCUT2D eigenvalue weighted by molar-refractivity contribution is 5.96. The highest BCUT2D eigenvalue weighted by Gasteiger charge is 2.35. The van der Waals surface area contributed by atoms with E-state index in [1.807, 2.05) is 6.07 Å². The second kappa shape index (κ2) is 8.32. The number of halogens is 1. The topological polar surface area (TPSA) is 97.6 Å². The molecule has 2 amide bonds. The number of aromatic nitrogens is 2. The fourth-order valence-electron chi connectivity index (χ4n) is 3.32. The van der Waals surface area contributed by atoms with Gasteiger partial charge in [-0.05, 0) is 42.0 Å². The molecule has 3 aromatic rings. The number of hydrogen-bond donors (Lipinski definition) is 1. The molecule has 0 saturated carbocycles. The lowest BCUT2D eigenvalue weighted by Gasteiger charge is -2.15. The van der Waals surface area contributed by atoms with Crippen LogP contribution in [0.4, 0.5) is 16.1 Å². The third-order valence-corrected chi connectivity index (χ3v) is 4.80. The molecule has 0 spiro atoms. The van der Waals surface area contributed by atoms with Gasteiger partial charge in [-0.2, -0.15) is 0 Å². The Kier molecular flexibility index (Phi) is 5.42. The molecule has 1 atom stereocenters. The van der Waals surface area contributed by atoms with Gasteiger partial charge in [-0.1, -0.05) is 17.2 Å². The summed E-state index contributed by atoms with van der Waals surface area (Å²) in [5.74, 6) is -0.170. The van der Waals surface area contributed by atoms with E-state index in [4.69, 9.17) is 9.15 Å². The van der Waals surface area contributed by atoms with Crippen molar-refractivity contribution in [2.45, 2.75) is 18.8 Å². The molecule has 8 nitrogen and oxygen atoms in total. The number of amides is 2. The third-order valence-electron chi connectivity index (χ3n) is 4.80. The maximum Gasteiger partial charge on any atom is 0.322 e. The average Bonchev–Trinajstić information content (AvgIpc) is 3.35. The van der Waals surface area contributed by atoms with Crippen molar-refractivity contribution in [2.75, 3.05) is 23.9 Å². The van der Waals surface area contributed by atoms with Gasteiger partial charge in [0.1, 0.15) is 11.6 Å². The van der Waals surface area contributed by atoms with Crippen LogP contribution in [0, 0.1) is 5.82 Å². The van der Waals surface area contributed by atoms with Gasteiger partial charge in [0.2, 0.25) is 17.7 Å². The zero-order valence-electron chi connectivity index (χ0n) is 16.2. The van der Waals surface area contributed by atoms with E-state index in [1.54, 1.807) is 42.3 Å². The predicted octanol–water partition coefficient (Wildman–Crippen LogP) is 2.92. The molecule has 9 heteroatoms. The summed E-state index contributed by atoms with van der Waals surface area (Å²) >= 11 is 0. The Balaban J connectivity index is 1.38. The molecule has 1 aromatic heterocycles. The molecule has 2 heterocycles. The molecule has 0 aliphatic carbocycles. The Morgan fingerprint density at radius 1 is 1.27 bits per heavy atom. The highest BCUT2D eigenvalue weighted by Crippen LogP contribution is 2.31. The van der Waals surface area contributed by atoms with Gasteiger partial charge in [0.25, 0.3) is 0 Å². The fraction of sp³-hybridized carbons (Fsp3) is 0.238. The van der Waals surface area contributed by atoms with E-state index in [2.05, 4.69) is 15.5 Å². The van der Waals surface area contributed by atoms with Crippen LogP contribution in [0.5, 0.6) is 5.75 Å². The third kappa shape index (κ3) is 4.29. The molecule has 1 N–H and O–H groups in total. The zero-order chi connectivity index (χ0) is 21.1. The van der Waals surface area contributed by atoms with E-state index >= 15 is 0 Å². The van der Waals surface area contributed by atoms with Crippen LogP contribution in [0.3, 0.4) is 0 Å². The average molecular weight is 410 g/mol. The van der Waals surface area contributed by atoms with E-state index in [9.17, 15) is 14.0 Å². The van der Waals surface area contributed by atoms with Gasteiger partial charge < -0.3 is 14.1 Å². The molecule has 1 fully saturated rings. The van der Waals surface area contributed by atoms with Crippen LogP contribution in [-0.2, 0) is 16.0 Å². The minimum Gasteiger partial charge on any atom is -0.497 e. The second-order valence-corrected chi connectivity index (χ2v) is 6.90. The molecule has 0 radical (unpaired) electrons. The SMILES string of the molecule is COc1cccc(CC(=O)Nc2nnc([C@H]3CC(=O)N(c4ccc(F)cc4)C3)o2)c1. The molecule has 154 valence electrons. The number of rotatable bonds is 6. The summed E-state index contributed by atoms with van der Waals surface area (Å²) in [7, 11) is 1.56. The first-order chi connectivity index (χ1) is 14.5. The Morgan fingerprint density at radius 3 is 2.83 bits per heavy atom. The number of nitrogens with zero attached hydrogens (tertiary/aromatic N) is 3. The van der Waals surface area contributed by atoms with Crippen LogP contribution in [-0.4, -0.2) is 35.7 Å². The maximum absolute atomic E-state index is 13.1. The van der Waals surface area contributed by atoms with Gasteiger partial charge in [0.05, 0.1) is 19.4 Å². The largest absolute Gasteiger partial charge is 0.497 e. The summed E-state index contributed by atoms with van der Waals surface area (Å²) in [5.41, 5.74) is 1.39. The van der Waals surface area contributed by atoms with Crippen molar-refractivity contribution in [1.29, 1.82) is 0 Å². The Hall–Kier alpha value is -3.75. The molecular formula is C21H19FN4O4. The molecule has 2 aromatic carbocycles. The lowest BCUT2D eigenvalue weighted by Crippen LogP contribution is -2.24. The van der Waals surface area contributed by atoms with E-state index in [0.717, 1.165) is 5.56 Å². The van der Waals surface area contributed by atoms with Crippen molar-refractivity contribution in [3.05, 3.63) is 65.8 Å². The Labute approximate surface area is 171 Å². The van der Waals surface area contributed by atoms with Crippen molar-refractivity contribution in [1.82, 2.24) is 10.2 Å². The molecule has 1 aliphatic heterocycles. The number of carbonyl (C=O) groups is 2. The molecule has 0 bridgehead atoms. The molecular weight excluding hydrogens is 391 g/mol. The number of carbonyl (C=O) groups excluding carboxylic acids is 2. The van der Waals surface area contributed by atoms with Crippen LogP contribution in [0.2, 0.25) is 0 Å². The first-order valence-electron chi connectivity index (χ1n) is 9.34. The summed E-state index contributed by atoms with van der Waals surface area (Å²) < 4.78 is 23.8. The van der Waals surface area contributed by atoms with Gasteiger partial charge in [-0.15, -0.1) is 5.10 Å². The van der Waals surface area contributed by atoms with E-state index in [1.165, 1.54) is 12.1 Å². The fourth-order valence-corrected chi connectivity index (χ4v) is 3.32. The predicted molar refractivity (Wildman–Crippen MR) is 106 cm³/mol. The number of benzene rings is 2. The van der Waals surface area contributed by atoms with Gasteiger partial charge in [-0.3, -0.25) is 14.9 Å². The molecule has 1 aliphatic rings. The number of ether oxygens (including phenoxy) is 1. The molecule has 4 rings (SSSR count). The minimum atomic E-state index is -0.367. The minimum absolute atomic E-state index is 0.0226. The summed E-state index contributed by atoms with van der Waals surface area (Å²) in [4.78, 5) is 26.2. The summed E-state index contributed by atoms with van der Waals surface area (Å²) in [5, 5.41) is 10.4. The first kappa shape index (κ1) is 19.6. The van der Waals surface area contributed by atoms with Crippen LogP contribution >= 0.6 is 0 Å². The van der Waals surface area contributed by atoms with Gasteiger partial charge in [0, 0.05) is 18.7 Å². The summed E-state index contributed by atoms with van der Waals surface area (Å²) in [6, 6.07) is 12.9. The summed E-state index contributed by atoms with van der Waals surface area (Å²) in [6.45, 7) is 0.337. The highest BCUT2D eigenvalue weighted by atomic mass is 19.1. The lowest BCUT2D eigenvalue weighted by atomic mass is 10.1. The monoisotopic (exact) mass is 410 g/mol. The van der Waals surface area contributed by atoms with Crippen LogP contribution in [0.25, 0.3) is 0 Å². The van der Waals surface area contributed by atoms with Crippen LogP contribution in [0.15, 0.2) is 52.9 Å². The molecule has 0 unspecified atom stereocenters. The van der Waals surface area contributed by atoms with Gasteiger partial charge in [0.15, 0.2) is 0 Å². The summed E-state index contributed by atoms with van der Waals surface area (Å²) in [6.07, 6.45) is 0.311. The number of nitrogens with one attached hydrogen (secondary N) is 1. The quantitative estimate of drug-likeness (QED) is 0.671. The standard InChI is InChI=1S/C21H19FN4O4/c1-29-17-4-2-3-13(9-17)10-18(27)23-21-25-24-20(30-21)14-11-19(28)26(12-14)16-7-5-15(22)6-8-16/h2-9,14H,10-12H2,1H3,(H,23,25,27)/t14-/m0/s1. The van der Waals surface area contributed by atoms with Crippen LogP contribution < -0.4 is 15.0 Å². The first-order valence-corrected chi connectivity index (χ1v) is 9.34. The number of hydrogen-bond acceptors (Lipinski definition) is 6. The number of methoxy groups -OCH3 is 1. The van der Waals surface area contributed by atoms with E-state index < -0.39 is 0 Å². The number of anilines is 2. The maximum atomic E-state index is 13.1. The van der Waals surface area contributed by atoms with Gasteiger partial charge in [-0.25, -0.2) is 4.39 Å². The van der Waals surface area contributed by atoms with Crippen molar-refractivity contribution in [2.24, 2.45) is 0 Å². The Bertz CT molecular complexity index is 1070. The smallest absolute Gasteiger partial charge is 0.322 e. The van der Waals surface area contributed by atoms with Gasteiger partial charge >= 0.3 is 6.01 Å². The van der Waals surface area contributed by atoms with E-state index in [0.29, 0.717) is 18.0 Å². The van der Waals surface area contributed by atoms with Crippen molar-refractivity contribution < 1.29 is 23.1 Å². The van der Waals surface area contributed by atoms with E-state index in [-0.39, 0.29) is 48.3 Å². The second-order valence-electron chi connectivity index (χ2n) is 6.90. The van der Waals surface area contributed by atoms with Crippen molar-refractivity contribution in [3.63, 3.8) is 0 Å². The lowest BCUT2D eigenvalue weighted by molar-refractivity contribution is -0.117. The molecule has 30 heavy (non-hydrogen) atoms. The van der Waals surface area contributed by atoms with Crippen molar-refractivity contribution in [3.8, 4) is 5.75 Å². The molecule has 1 saturated heterocycles.